The topological polar surface area (TPSA) is 46.5 Å². The Labute approximate surface area is 102 Å². The van der Waals surface area contributed by atoms with Gasteiger partial charge in [-0.25, -0.2) is 0 Å². The number of carboxylic acids is 1. The summed E-state index contributed by atoms with van der Waals surface area (Å²) >= 11 is 2.24. The van der Waals surface area contributed by atoms with E-state index < -0.39 is 5.97 Å². The van der Waals surface area contributed by atoms with Crippen molar-refractivity contribution in [2.45, 2.75) is 19.1 Å². The van der Waals surface area contributed by atoms with Crippen LogP contribution in [-0.4, -0.2) is 17.2 Å². The summed E-state index contributed by atoms with van der Waals surface area (Å²) in [5.41, 5.74) is 1.09. The minimum absolute atomic E-state index is 0.0817. The second-order valence-electron chi connectivity index (χ2n) is 3.66. The van der Waals surface area contributed by atoms with Crippen LogP contribution in [0.15, 0.2) is 24.3 Å². The molecule has 1 N–H and O–H groups in total. The highest BCUT2D eigenvalue weighted by molar-refractivity contribution is 14.1. The van der Waals surface area contributed by atoms with Gasteiger partial charge in [0.1, 0.15) is 0 Å². The molecule has 1 saturated carbocycles. The quantitative estimate of drug-likeness (QED) is 0.867. The minimum Gasteiger partial charge on any atom is -0.481 e. The van der Waals surface area contributed by atoms with Crippen molar-refractivity contribution in [1.29, 1.82) is 0 Å². The van der Waals surface area contributed by atoms with Crippen LogP contribution in [-0.2, 0) is 16.1 Å². The van der Waals surface area contributed by atoms with E-state index in [1.54, 1.807) is 0 Å². The summed E-state index contributed by atoms with van der Waals surface area (Å²) in [7, 11) is 0. The van der Waals surface area contributed by atoms with Gasteiger partial charge in [-0.1, -0.05) is 12.1 Å². The normalized spacial score (nSPS) is 23.8. The van der Waals surface area contributed by atoms with Crippen molar-refractivity contribution in [2.75, 3.05) is 0 Å². The zero-order valence-electron chi connectivity index (χ0n) is 8.02. The molecule has 2 atom stereocenters. The van der Waals surface area contributed by atoms with E-state index in [9.17, 15) is 4.79 Å². The van der Waals surface area contributed by atoms with Crippen molar-refractivity contribution in [3.8, 4) is 0 Å². The molecule has 4 heteroatoms. The van der Waals surface area contributed by atoms with Gasteiger partial charge >= 0.3 is 5.97 Å². The highest BCUT2D eigenvalue weighted by Gasteiger charge is 2.44. The van der Waals surface area contributed by atoms with Gasteiger partial charge in [0.2, 0.25) is 0 Å². The smallest absolute Gasteiger partial charge is 0.309 e. The van der Waals surface area contributed by atoms with Crippen LogP contribution in [0.4, 0.5) is 0 Å². The number of carbonyl (C=O) groups is 1. The van der Waals surface area contributed by atoms with Gasteiger partial charge in [-0.05, 0) is 46.7 Å². The standard InChI is InChI=1S/C11H11IO3/c12-8-3-1-7(2-4-8)6-15-10-5-9(10)11(13)14/h1-4,9-10H,5-6H2,(H,13,14). The van der Waals surface area contributed by atoms with Crippen LogP contribution in [0, 0.1) is 9.49 Å². The highest BCUT2D eigenvalue weighted by Crippen LogP contribution is 2.34. The van der Waals surface area contributed by atoms with Gasteiger partial charge in [0.15, 0.2) is 0 Å². The molecule has 1 aliphatic carbocycles. The largest absolute Gasteiger partial charge is 0.481 e. The summed E-state index contributed by atoms with van der Waals surface area (Å²) in [6, 6.07) is 8.03. The zero-order valence-corrected chi connectivity index (χ0v) is 10.2. The molecule has 3 nitrogen and oxygen atoms in total. The number of hydrogen-bond donors (Lipinski definition) is 1. The number of ether oxygens (including phenoxy) is 1. The molecule has 2 unspecified atom stereocenters. The number of halogens is 1. The maximum absolute atomic E-state index is 10.5. The molecule has 0 heterocycles. The van der Waals surface area contributed by atoms with E-state index in [2.05, 4.69) is 22.6 Å². The molecule has 0 saturated heterocycles. The number of rotatable bonds is 4. The van der Waals surface area contributed by atoms with E-state index in [1.165, 1.54) is 3.57 Å². The molecule has 1 aromatic rings. The van der Waals surface area contributed by atoms with Gasteiger partial charge in [0.25, 0.3) is 0 Å². The fraction of sp³-hybridized carbons (Fsp3) is 0.364. The molecule has 1 aromatic carbocycles. The van der Waals surface area contributed by atoms with Gasteiger partial charge in [0.05, 0.1) is 18.6 Å². The maximum atomic E-state index is 10.5. The fourth-order valence-electron chi connectivity index (χ4n) is 1.40. The molecular formula is C11H11IO3. The van der Waals surface area contributed by atoms with Crippen LogP contribution in [0.25, 0.3) is 0 Å². The number of hydrogen-bond acceptors (Lipinski definition) is 2. The average molecular weight is 318 g/mol. The lowest BCUT2D eigenvalue weighted by Crippen LogP contribution is -2.05. The fourth-order valence-corrected chi connectivity index (χ4v) is 1.76. The first kappa shape index (κ1) is 10.9. The molecule has 1 aliphatic rings. The third-order valence-corrected chi connectivity index (χ3v) is 3.15. The van der Waals surface area contributed by atoms with Crippen molar-refractivity contribution in [2.24, 2.45) is 5.92 Å². The van der Waals surface area contributed by atoms with Crippen LogP contribution in [0.1, 0.15) is 12.0 Å². The molecular weight excluding hydrogens is 307 g/mol. The summed E-state index contributed by atoms with van der Waals surface area (Å²) in [5, 5.41) is 8.68. The third-order valence-electron chi connectivity index (χ3n) is 2.43. The van der Waals surface area contributed by atoms with E-state index >= 15 is 0 Å². The number of carboxylic acid groups (broad SMARTS) is 1. The Kier molecular flexibility index (Phi) is 3.25. The zero-order chi connectivity index (χ0) is 10.8. The lowest BCUT2D eigenvalue weighted by molar-refractivity contribution is -0.139. The Hall–Kier alpha value is -0.620. The van der Waals surface area contributed by atoms with E-state index in [0.717, 1.165) is 5.56 Å². The van der Waals surface area contributed by atoms with Crippen molar-refractivity contribution in [1.82, 2.24) is 0 Å². The average Bonchev–Trinajstić information content (AvgIpc) is 2.96. The first-order valence-electron chi connectivity index (χ1n) is 4.75. The van der Waals surface area contributed by atoms with Gasteiger partial charge < -0.3 is 9.84 Å². The Morgan fingerprint density at radius 3 is 2.67 bits per heavy atom. The summed E-state index contributed by atoms with van der Waals surface area (Å²) in [6.07, 6.45) is 0.571. The number of aliphatic carboxylic acids is 1. The minimum atomic E-state index is -0.748. The van der Waals surface area contributed by atoms with Gasteiger partial charge in [-0.2, -0.15) is 0 Å². The summed E-state index contributed by atoms with van der Waals surface area (Å²) in [4.78, 5) is 10.5. The van der Waals surface area contributed by atoms with E-state index in [1.807, 2.05) is 24.3 Å². The Morgan fingerprint density at radius 1 is 1.47 bits per heavy atom. The first-order chi connectivity index (χ1) is 7.16. The van der Waals surface area contributed by atoms with Crippen LogP contribution in [0.5, 0.6) is 0 Å². The van der Waals surface area contributed by atoms with E-state index in [-0.39, 0.29) is 12.0 Å². The lowest BCUT2D eigenvalue weighted by Gasteiger charge is -2.02. The highest BCUT2D eigenvalue weighted by atomic mass is 127. The predicted octanol–water partition coefficient (Wildman–Crippen LogP) is 2.28. The molecule has 15 heavy (non-hydrogen) atoms. The molecule has 0 aromatic heterocycles. The Balaban J connectivity index is 1.80. The SMILES string of the molecule is O=C(O)C1CC1OCc1ccc(I)cc1. The molecule has 0 spiro atoms. The predicted molar refractivity (Wildman–Crippen MR) is 63.5 cm³/mol. The van der Waals surface area contributed by atoms with Gasteiger partial charge in [-0.15, -0.1) is 0 Å². The molecule has 0 amide bonds. The maximum Gasteiger partial charge on any atom is 0.309 e. The lowest BCUT2D eigenvalue weighted by atomic mass is 10.2. The second-order valence-corrected chi connectivity index (χ2v) is 4.90. The van der Waals surface area contributed by atoms with Crippen LogP contribution in [0.3, 0.4) is 0 Å². The molecule has 0 radical (unpaired) electrons. The number of benzene rings is 1. The van der Waals surface area contributed by atoms with Crippen molar-refractivity contribution < 1.29 is 14.6 Å². The van der Waals surface area contributed by atoms with Crippen molar-refractivity contribution in [3.05, 3.63) is 33.4 Å². The Bertz CT molecular complexity index is 361. The van der Waals surface area contributed by atoms with Crippen molar-refractivity contribution >= 4 is 28.6 Å². The van der Waals surface area contributed by atoms with E-state index in [0.29, 0.717) is 13.0 Å². The first-order valence-corrected chi connectivity index (χ1v) is 5.83. The molecule has 0 bridgehead atoms. The van der Waals surface area contributed by atoms with Gasteiger partial charge in [0, 0.05) is 3.57 Å². The molecule has 80 valence electrons. The van der Waals surface area contributed by atoms with Gasteiger partial charge in [-0.3, -0.25) is 4.79 Å². The van der Waals surface area contributed by atoms with Crippen LogP contribution in [0.2, 0.25) is 0 Å². The second kappa shape index (κ2) is 4.49. The van der Waals surface area contributed by atoms with Crippen molar-refractivity contribution in [3.63, 3.8) is 0 Å². The summed E-state index contributed by atoms with van der Waals surface area (Å²) in [5.74, 6) is -1.03. The summed E-state index contributed by atoms with van der Waals surface area (Å²) in [6.45, 7) is 0.505. The monoisotopic (exact) mass is 318 g/mol. The summed E-state index contributed by atoms with van der Waals surface area (Å²) < 4.78 is 6.66. The molecule has 0 aliphatic heterocycles. The van der Waals surface area contributed by atoms with Crippen LogP contribution < -0.4 is 0 Å². The molecule has 1 fully saturated rings. The third kappa shape index (κ3) is 2.92. The van der Waals surface area contributed by atoms with Crippen LogP contribution >= 0.6 is 22.6 Å². The van der Waals surface area contributed by atoms with E-state index in [4.69, 9.17) is 9.84 Å². The molecule has 2 rings (SSSR count). The Morgan fingerprint density at radius 2 is 2.13 bits per heavy atom.